The van der Waals surface area contributed by atoms with Gasteiger partial charge in [-0.1, -0.05) is 43.2 Å². The Labute approximate surface area is 176 Å². The molecule has 3 rings (SSSR count). The van der Waals surface area contributed by atoms with Crippen molar-refractivity contribution in [2.24, 2.45) is 0 Å². The van der Waals surface area contributed by atoms with Gasteiger partial charge in [0.1, 0.15) is 11.5 Å². The topological polar surface area (TPSA) is 46.9 Å². The van der Waals surface area contributed by atoms with E-state index in [-0.39, 0.29) is 11.7 Å². The van der Waals surface area contributed by atoms with Gasteiger partial charge in [0.25, 0.3) is 5.91 Å². The fourth-order valence-electron chi connectivity index (χ4n) is 3.12. The molecule has 0 fully saturated rings. The third-order valence-corrected chi connectivity index (χ3v) is 5.01. The molecule has 0 saturated carbocycles. The summed E-state index contributed by atoms with van der Waals surface area (Å²) in [4.78, 5) is 12.8. The lowest BCUT2D eigenvalue weighted by molar-refractivity contribution is 0.0942. The second-order valence-electron chi connectivity index (χ2n) is 6.96. The Bertz CT molecular complexity index is 910. The van der Waals surface area contributed by atoms with Crippen LogP contribution in [-0.4, -0.2) is 28.0 Å². The van der Waals surface area contributed by atoms with E-state index in [1.807, 2.05) is 30.3 Å². The van der Waals surface area contributed by atoms with Crippen molar-refractivity contribution in [2.75, 3.05) is 12.3 Å². The number of hydrogen-bond donors (Lipinski definition) is 2. The van der Waals surface area contributed by atoms with E-state index in [2.05, 4.69) is 23.0 Å². The molecule has 1 aromatic heterocycles. The van der Waals surface area contributed by atoms with Crippen LogP contribution in [0.15, 0.2) is 60.7 Å². The van der Waals surface area contributed by atoms with Gasteiger partial charge in [-0.25, -0.2) is 4.39 Å². The van der Waals surface area contributed by atoms with Crippen molar-refractivity contribution in [1.82, 2.24) is 15.1 Å². The van der Waals surface area contributed by atoms with E-state index in [1.165, 1.54) is 12.1 Å². The summed E-state index contributed by atoms with van der Waals surface area (Å²) in [6.07, 6.45) is 4.24. The van der Waals surface area contributed by atoms with Gasteiger partial charge in [-0.2, -0.15) is 17.7 Å². The molecule has 0 bridgehead atoms. The Balaban J connectivity index is 1.75. The van der Waals surface area contributed by atoms with Crippen LogP contribution in [0.25, 0.3) is 11.3 Å². The molecular weight excluding hydrogens is 385 g/mol. The van der Waals surface area contributed by atoms with Crippen molar-refractivity contribution < 1.29 is 9.18 Å². The summed E-state index contributed by atoms with van der Waals surface area (Å²) in [6.45, 7) is 1.13. The van der Waals surface area contributed by atoms with Crippen molar-refractivity contribution in [3.05, 3.63) is 77.7 Å². The third-order valence-electron chi connectivity index (χ3n) is 4.70. The first-order valence-corrected chi connectivity index (χ1v) is 10.6. The molecule has 0 atom stereocenters. The number of unbranched alkanes of at least 4 members (excludes halogenated alkanes) is 3. The normalized spacial score (nSPS) is 10.8. The van der Waals surface area contributed by atoms with Crippen molar-refractivity contribution in [3.63, 3.8) is 0 Å². The summed E-state index contributed by atoms with van der Waals surface area (Å²) in [7, 11) is 0. The second kappa shape index (κ2) is 10.8. The quantitative estimate of drug-likeness (QED) is 0.366. The Morgan fingerprint density at radius 2 is 1.72 bits per heavy atom. The van der Waals surface area contributed by atoms with Gasteiger partial charge in [0.15, 0.2) is 0 Å². The largest absolute Gasteiger partial charge is 0.351 e. The highest BCUT2D eigenvalue weighted by Crippen LogP contribution is 2.20. The van der Waals surface area contributed by atoms with Crippen LogP contribution in [0, 0.1) is 5.82 Å². The van der Waals surface area contributed by atoms with E-state index < -0.39 is 0 Å². The Hall–Kier alpha value is -2.60. The van der Waals surface area contributed by atoms with Gasteiger partial charge in [-0.05, 0) is 54.5 Å². The zero-order valence-corrected chi connectivity index (χ0v) is 17.2. The minimum atomic E-state index is -0.298. The number of nitrogens with zero attached hydrogens (tertiary/aromatic N) is 2. The second-order valence-corrected chi connectivity index (χ2v) is 7.41. The van der Waals surface area contributed by atoms with Gasteiger partial charge in [0.2, 0.25) is 0 Å². The standard InChI is InChI=1S/C23H26FN3OS/c24-20-12-10-19(11-13-20)21-16-22(23(28)25-14-6-1-2-7-15-29)27(26-21)17-18-8-4-3-5-9-18/h3-5,8-13,16,29H,1-2,6-7,14-15,17H2,(H,25,28). The van der Waals surface area contributed by atoms with E-state index in [0.717, 1.165) is 42.6 Å². The van der Waals surface area contributed by atoms with Gasteiger partial charge >= 0.3 is 0 Å². The van der Waals surface area contributed by atoms with Crippen molar-refractivity contribution in [3.8, 4) is 11.3 Å². The molecule has 3 aromatic rings. The summed E-state index contributed by atoms with van der Waals surface area (Å²) in [5, 5.41) is 7.62. The maximum atomic E-state index is 13.3. The molecule has 0 aliphatic heterocycles. The molecule has 4 nitrogen and oxygen atoms in total. The summed E-state index contributed by atoms with van der Waals surface area (Å²) in [5.41, 5.74) is 2.99. The van der Waals surface area contributed by atoms with Crippen LogP contribution < -0.4 is 5.32 Å². The van der Waals surface area contributed by atoms with Crippen LogP contribution in [-0.2, 0) is 6.54 Å². The highest BCUT2D eigenvalue weighted by Gasteiger charge is 2.16. The van der Waals surface area contributed by atoms with E-state index >= 15 is 0 Å². The molecule has 0 saturated heterocycles. The molecule has 0 aliphatic rings. The van der Waals surface area contributed by atoms with Crippen LogP contribution in [0.2, 0.25) is 0 Å². The summed E-state index contributed by atoms with van der Waals surface area (Å²) in [5.74, 6) is 0.460. The molecule has 0 radical (unpaired) electrons. The zero-order chi connectivity index (χ0) is 20.5. The monoisotopic (exact) mass is 411 g/mol. The number of nitrogens with one attached hydrogen (secondary N) is 1. The van der Waals surface area contributed by atoms with Crippen molar-refractivity contribution in [2.45, 2.75) is 32.2 Å². The Morgan fingerprint density at radius 1 is 1.00 bits per heavy atom. The maximum absolute atomic E-state index is 13.3. The number of carbonyl (C=O) groups is 1. The fraction of sp³-hybridized carbons (Fsp3) is 0.304. The average Bonchev–Trinajstić information content (AvgIpc) is 3.15. The molecule has 0 aliphatic carbocycles. The number of thiol groups is 1. The summed E-state index contributed by atoms with van der Waals surface area (Å²) >= 11 is 4.22. The summed E-state index contributed by atoms with van der Waals surface area (Å²) in [6, 6.07) is 17.8. The van der Waals surface area contributed by atoms with Crippen LogP contribution in [0.3, 0.4) is 0 Å². The molecule has 1 heterocycles. The van der Waals surface area contributed by atoms with E-state index in [1.54, 1.807) is 22.9 Å². The molecule has 1 N–H and O–H groups in total. The number of halogens is 1. The number of aromatic nitrogens is 2. The molecule has 0 unspecified atom stereocenters. The van der Waals surface area contributed by atoms with Gasteiger partial charge in [-0.3, -0.25) is 9.48 Å². The smallest absolute Gasteiger partial charge is 0.269 e. The number of benzene rings is 2. The molecule has 2 aromatic carbocycles. The number of carbonyl (C=O) groups excluding carboxylic acids is 1. The molecular formula is C23H26FN3OS. The van der Waals surface area contributed by atoms with Gasteiger partial charge in [0.05, 0.1) is 12.2 Å². The molecule has 1 amide bonds. The van der Waals surface area contributed by atoms with E-state index in [9.17, 15) is 9.18 Å². The maximum Gasteiger partial charge on any atom is 0.269 e. The number of rotatable bonds is 10. The lowest BCUT2D eigenvalue weighted by Gasteiger charge is -2.08. The van der Waals surface area contributed by atoms with Gasteiger partial charge in [-0.15, -0.1) is 0 Å². The van der Waals surface area contributed by atoms with Gasteiger partial charge < -0.3 is 5.32 Å². The average molecular weight is 412 g/mol. The zero-order valence-electron chi connectivity index (χ0n) is 16.4. The molecule has 0 spiro atoms. The van der Waals surface area contributed by atoms with Crippen molar-refractivity contribution >= 4 is 18.5 Å². The first kappa shape index (κ1) is 21.1. The predicted molar refractivity (Wildman–Crippen MR) is 118 cm³/mol. The molecule has 29 heavy (non-hydrogen) atoms. The highest BCUT2D eigenvalue weighted by atomic mass is 32.1. The fourth-order valence-corrected chi connectivity index (χ4v) is 3.34. The van der Waals surface area contributed by atoms with E-state index in [0.29, 0.717) is 24.5 Å². The minimum Gasteiger partial charge on any atom is -0.351 e. The van der Waals surface area contributed by atoms with Crippen LogP contribution in [0.4, 0.5) is 4.39 Å². The summed E-state index contributed by atoms with van der Waals surface area (Å²) < 4.78 is 15.0. The molecule has 152 valence electrons. The van der Waals surface area contributed by atoms with E-state index in [4.69, 9.17) is 0 Å². The highest BCUT2D eigenvalue weighted by molar-refractivity contribution is 7.80. The van der Waals surface area contributed by atoms with Crippen LogP contribution >= 0.6 is 12.6 Å². The van der Waals surface area contributed by atoms with Gasteiger partial charge in [0, 0.05) is 12.1 Å². The van der Waals surface area contributed by atoms with Crippen LogP contribution in [0.5, 0.6) is 0 Å². The lowest BCUT2D eigenvalue weighted by Crippen LogP contribution is -2.27. The number of hydrogen-bond acceptors (Lipinski definition) is 3. The molecule has 6 heteroatoms. The van der Waals surface area contributed by atoms with Crippen molar-refractivity contribution in [1.29, 1.82) is 0 Å². The Kier molecular flexibility index (Phi) is 7.87. The first-order chi connectivity index (χ1) is 14.2. The predicted octanol–water partition coefficient (Wildman–Crippen LogP) is 4.96. The first-order valence-electron chi connectivity index (χ1n) is 9.94. The minimum absolute atomic E-state index is 0.143. The lowest BCUT2D eigenvalue weighted by atomic mass is 10.1. The number of amides is 1. The van der Waals surface area contributed by atoms with Crippen LogP contribution in [0.1, 0.15) is 41.7 Å². The Morgan fingerprint density at radius 3 is 2.45 bits per heavy atom. The SMILES string of the molecule is O=C(NCCCCCCS)c1cc(-c2ccc(F)cc2)nn1Cc1ccccc1. The third kappa shape index (κ3) is 6.19.